The van der Waals surface area contributed by atoms with Gasteiger partial charge in [0.05, 0.1) is 16.4 Å². The molecular formula is C18H19BN2O5S. The molecule has 2 aromatic rings. The van der Waals surface area contributed by atoms with Gasteiger partial charge >= 0.3 is 7.12 Å². The van der Waals surface area contributed by atoms with Gasteiger partial charge in [0.15, 0.2) is 5.78 Å². The van der Waals surface area contributed by atoms with Crippen molar-refractivity contribution in [3.63, 3.8) is 0 Å². The van der Waals surface area contributed by atoms with Crippen LogP contribution in [0, 0.1) is 0 Å². The normalized spacial score (nSPS) is 18.6. The summed E-state index contributed by atoms with van der Waals surface area (Å²) in [5.74, 6) is -0.711. The second-order valence-corrected chi connectivity index (χ2v) is 8.54. The van der Waals surface area contributed by atoms with Gasteiger partial charge in [-0.15, -0.1) is 0 Å². The molecule has 0 saturated heterocycles. The van der Waals surface area contributed by atoms with Crippen LogP contribution in [0.2, 0.25) is 0 Å². The minimum absolute atomic E-state index is 0.153. The van der Waals surface area contributed by atoms with Gasteiger partial charge in [-0.05, 0) is 48.2 Å². The third kappa shape index (κ3) is 3.39. The molecule has 0 aromatic heterocycles. The Morgan fingerprint density at radius 3 is 2.78 bits per heavy atom. The molecule has 0 fully saturated rings. The van der Waals surface area contributed by atoms with E-state index in [1.54, 1.807) is 36.4 Å². The number of fused-ring (bicyclic) bond motifs is 2. The van der Waals surface area contributed by atoms with E-state index in [1.165, 1.54) is 6.92 Å². The SMILES string of the molecule is CC(=O)c1cccc2c1OB(O)[C@@H](NS(=O)(=O)c1ccc3c(c1)CNC3)C2. The van der Waals surface area contributed by atoms with Gasteiger partial charge in [0, 0.05) is 13.1 Å². The number of benzene rings is 2. The van der Waals surface area contributed by atoms with Gasteiger partial charge in [-0.1, -0.05) is 18.2 Å². The minimum Gasteiger partial charge on any atom is -0.534 e. The van der Waals surface area contributed by atoms with Crippen LogP contribution in [0.1, 0.15) is 34.0 Å². The fourth-order valence-corrected chi connectivity index (χ4v) is 4.79. The molecule has 7 nitrogen and oxygen atoms in total. The second-order valence-electron chi connectivity index (χ2n) is 6.82. The Bertz CT molecular complexity index is 1020. The van der Waals surface area contributed by atoms with Crippen LogP contribution in [0.3, 0.4) is 0 Å². The van der Waals surface area contributed by atoms with Gasteiger partial charge in [0.2, 0.25) is 10.0 Å². The summed E-state index contributed by atoms with van der Waals surface area (Å²) in [4.78, 5) is 11.9. The highest BCUT2D eigenvalue weighted by atomic mass is 32.2. The largest absolute Gasteiger partial charge is 0.542 e. The van der Waals surface area contributed by atoms with Crippen LogP contribution in [0.4, 0.5) is 0 Å². The predicted octanol–water partition coefficient (Wildman–Crippen LogP) is 0.794. The summed E-state index contributed by atoms with van der Waals surface area (Å²) in [7, 11) is -5.21. The molecule has 0 saturated carbocycles. The summed E-state index contributed by atoms with van der Waals surface area (Å²) < 4.78 is 33.6. The molecule has 0 aliphatic carbocycles. The topological polar surface area (TPSA) is 105 Å². The molecule has 0 bridgehead atoms. The fraction of sp³-hybridized carbons (Fsp3) is 0.278. The highest BCUT2D eigenvalue weighted by Gasteiger charge is 2.39. The number of nitrogens with one attached hydrogen (secondary N) is 2. The molecular weight excluding hydrogens is 367 g/mol. The van der Waals surface area contributed by atoms with E-state index in [0.29, 0.717) is 23.4 Å². The van der Waals surface area contributed by atoms with E-state index in [4.69, 9.17) is 4.65 Å². The van der Waals surface area contributed by atoms with E-state index >= 15 is 0 Å². The Morgan fingerprint density at radius 1 is 1.22 bits per heavy atom. The Morgan fingerprint density at radius 2 is 2.00 bits per heavy atom. The maximum Gasteiger partial charge on any atom is 0.542 e. The van der Waals surface area contributed by atoms with E-state index in [9.17, 15) is 18.2 Å². The molecule has 0 amide bonds. The zero-order chi connectivity index (χ0) is 19.2. The standard InChI is InChI=1S/C18H19BN2O5S/c1-11(22)16-4-2-3-12-8-17(19(23)26-18(12)16)21-27(24,25)15-6-5-13-9-20-10-14(13)7-15/h2-7,17,20-21,23H,8-10H2,1H3/t17-/m0/s1. The quantitative estimate of drug-likeness (QED) is 0.530. The summed E-state index contributed by atoms with van der Waals surface area (Å²) in [6, 6.07) is 10.1. The molecule has 1 atom stereocenters. The van der Waals surface area contributed by atoms with E-state index in [0.717, 1.165) is 17.7 Å². The third-order valence-electron chi connectivity index (χ3n) is 4.92. The lowest BCUT2D eigenvalue weighted by atomic mass is 9.73. The van der Waals surface area contributed by atoms with Crippen LogP contribution in [-0.4, -0.2) is 32.3 Å². The van der Waals surface area contributed by atoms with Gasteiger partial charge in [0.25, 0.3) is 0 Å². The predicted molar refractivity (Wildman–Crippen MR) is 99.8 cm³/mol. The molecule has 9 heteroatoms. The molecule has 4 rings (SSSR count). The molecule has 2 aromatic carbocycles. The lowest BCUT2D eigenvalue weighted by Gasteiger charge is -2.29. The van der Waals surface area contributed by atoms with Gasteiger partial charge < -0.3 is 15.0 Å². The van der Waals surface area contributed by atoms with Crippen molar-refractivity contribution in [2.45, 2.75) is 37.3 Å². The van der Waals surface area contributed by atoms with Crippen molar-refractivity contribution in [2.24, 2.45) is 0 Å². The fourth-order valence-electron chi connectivity index (χ4n) is 3.51. The van der Waals surface area contributed by atoms with Gasteiger partial charge in [0.1, 0.15) is 5.75 Å². The van der Waals surface area contributed by atoms with Crippen molar-refractivity contribution in [3.05, 3.63) is 58.7 Å². The van der Waals surface area contributed by atoms with Crippen molar-refractivity contribution in [1.29, 1.82) is 0 Å². The minimum atomic E-state index is -3.83. The zero-order valence-electron chi connectivity index (χ0n) is 14.7. The summed E-state index contributed by atoms with van der Waals surface area (Å²) in [5, 5.41) is 13.5. The first-order valence-electron chi connectivity index (χ1n) is 8.67. The summed E-state index contributed by atoms with van der Waals surface area (Å²) in [5.41, 5.74) is 3.09. The number of ketones is 1. The maximum absolute atomic E-state index is 12.8. The van der Waals surface area contributed by atoms with Crippen molar-refractivity contribution in [3.8, 4) is 5.75 Å². The first-order valence-corrected chi connectivity index (χ1v) is 10.2. The number of para-hydroxylation sites is 1. The first kappa shape index (κ1) is 18.2. The summed E-state index contributed by atoms with van der Waals surface area (Å²) in [6.07, 6.45) is 0.226. The van der Waals surface area contributed by atoms with Crippen molar-refractivity contribution in [1.82, 2.24) is 10.0 Å². The van der Waals surface area contributed by atoms with E-state index < -0.39 is 23.1 Å². The van der Waals surface area contributed by atoms with Crippen LogP contribution in [0.15, 0.2) is 41.3 Å². The van der Waals surface area contributed by atoms with Gasteiger partial charge in [-0.25, -0.2) is 13.1 Å². The van der Waals surface area contributed by atoms with Gasteiger partial charge in [-0.2, -0.15) is 0 Å². The smallest absolute Gasteiger partial charge is 0.534 e. The number of carbonyl (C=O) groups is 1. The van der Waals surface area contributed by atoms with E-state index in [-0.39, 0.29) is 17.1 Å². The Labute approximate surface area is 157 Å². The number of hydrogen-bond acceptors (Lipinski definition) is 6. The molecule has 27 heavy (non-hydrogen) atoms. The number of rotatable bonds is 4. The number of sulfonamides is 1. The summed E-state index contributed by atoms with van der Waals surface area (Å²) in [6.45, 7) is 2.78. The average Bonchev–Trinajstić information content (AvgIpc) is 3.09. The molecule has 0 radical (unpaired) electrons. The number of hydrogen-bond donors (Lipinski definition) is 3. The van der Waals surface area contributed by atoms with Crippen LogP contribution in [0.25, 0.3) is 0 Å². The zero-order valence-corrected chi connectivity index (χ0v) is 15.5. The molecule has 0 unspecified atom stereocenters. The Balaban J connectivity index is 1.59. The lowest BCUT2D eigenvalue weighted by Crippen LogP contribution is -2.53. The van der Waals surface area contributed by atoms with Crippen molar-refractivity contribution < 1.29 is 22.9 Å². The molecule has 0 spiro atoms. The van der Waals surface area contributed by atoms with Crippen LogP contribution < -0.4 is 14.7 Å². The molecule has 2 aliphatic heterocycles. The second kappa shape index (κ2) is 6.76. The van der Waals surface area contributed by atoms with Crippen molar-refractivity contribution in [2.75, 3.05) is 0 Å². The lowest BCUT2D eigenvalue weighted by molar-refractivity contribution is 0.101. The Kier molecular flexibility index (Phi) is 4.55. The third-order valence-corrected chi connectivity index (χ3v) is 6.41. The molecule has 3 N–H and O–H groups in total. The van der Waals surface area contributed by atoms with Crippen LogP contribution >= 0.6 is 0 Å². The van der Waals surface area contributed by atoms with Crippen LogP contribution in [0.5, 0.6) is 5.75 Å². The number of Topliss-reactive ketones (excluding diaryl/α,β-unsaturated/α-hetero) is 1. The molecule has 2 aliphatic rings. The Hall–Kier alpha value is -2.20. The molecule has 2 heterocycles. The summed E-state index contributed by atoms with van der Waals surface area (Å²) >= 11 is 0. The number of carbonyl (C=O) groups excluding carboxylic acids is 1. The highest BCUT2D eigenvalue weighted by Crippen LogP contribution is 2.31. The average molecular weight is 386 g/mol. The molecule has 140 valence electrons. The van der Waals surface area contributed by atoms with Crippen molar-refractivity contribution >= 4 is 22.9 Å². The maximum atomic E-state index is 12.8. The van der Waals surface area contributed by atoms with E-state index in [2.05, 4.69) is 10.0 Å². The first-order chi connectivity index (χ1) is 12.8. The van der Waals surface area contributed by atoms with E-state index in [1.807, 2.05) is 0 Å². The van der Waals surface area contributed by atoms with Crippen LogP contribution in [-0.2, 0) is 29.5 Å². The highest BCUT2D eigenvalue weighted by molar-refractivity contribution is 7.89. The monoisotopic (exact) mass is 386 g/mol. The van der Waals surface area contributed by atoms with Gasteiger partial charge in [-0.3, -0.25) is 4.79 Å².